The first kappa shape index (κ1) is 14.8. The van der Waals surface area contributed by atoms with E-state index < -0.39 is 6.61 Å². The summed E-state index contributed by atoms with van der Waals surface area (Å²) >= 11 is 0. The molecular weight excluding hydrogens is 278 g/mol. The van der Waals surface area contributed by atoms with E-state index in [0.717, 1.165) is 5.56 Å². The van der Waals surface area contributed by atoms with Gasteiger partial charge in [-0.05, 0) is 48.9 Å². The number of alkyl halides is 2. The summed E-state index contributed by atoms with van der Waals surface area (Å²) in [5, 5.41) is 2.64. The van der Waals surface area contributed by atoms with E-state index in [9.17, 15) is 13.6 Å². The molecule has 21 heavy (non-hydrogen) atoms. The zero-order chi connectivity index (χ0) is 15.4. The van der Waals surface area contributed by atoms with Gasteiger partial charge in [0.25, 0.3) is 5.91 Å². The van der Waals surface area contributed by atoms with Crippen molar-refractivity contribution in [1.29, 1.82) is 0 Å². The molecule has 0 spiro atoms. The third-order valence-electron chi connectivity index (χ3n) is 2.79. The molecule has 0 unspecified atom stereocenters. The van der Waals surface area contributed by atoms with Gasteiger partial charge in [0.15, 0.2) is 0 Å². The molecule has 0 aliphatic carbocycles. The monoisotopic (exact) mass is 292 g/mol. The number of rotatable bonds is 4. The maximum Gasteiger partial charge on any atom is 0.387 e. The number of ether oxygens (including phenoxy) is 1. The molecule has 0 bridgehead atoms. The molecule has 0 saturated carbocycles. The highest BCUT2D eigenvalue weighted by atomic mass is 19.3. The molecule has 3 N–H and O–H groups in total. The quantitative estimate of drug-likeness (QED) is 0.848. The maximum absolute atomic E-state index is 12.1. The molecule has 0 radical (unpaired) electrons. The molecule has 4 nitrogen and oxygen atoms in total. The van der Waals surface area contributed by atoms with Crippen LogP contribution in [-0.4, -0.2) is 12.5 Å². The lowest BCUT2D eigenvalue weighted by atomic mass is 10.1. The molecule has 2 aromatic carbocycles. The number of aryl methyl sites for hydroxylation is 1. The second-order valence-electron chi connectivity index (χ2n) is 4.45. The fourth-order valence-corrected chi connectivity index (χ4v) is 1.81. The molecule has 0 aliphatic heterocycles. The van der Waals surface area contributed by atoms with Gasteiger partial charge in [-0.15, -0.1) is 0 Å². The second-order valence-corrected chi connectivity index (χ2v) is 4.45. The lowest BCUT2D eigenvalue weighted by Crippen LogP contribution is -2.14. The van der Waals surface area contributed by atoms with Gasteiger partial charge in [-0.1, -0.05) is 6.07 Å². The van der Waals surface area contributed by atoms with Crippen molar-refractivity contribution in [3.63, 3.8) is 0 Å². The Labute approximate surface area is 120 Å². The molecule has 0 fully saturated rings. The minimum absolute atomic E-state index is 0.0258. The average Bonchev–Trinajstić information content (AvgIpc) is 2.40. The van der Waals surface area contributed by atoms with Crippen LogP contribution in [-0.2, 0) is 0 Å². The Hall–Kier alpha value is -2.63. The first-order valence-corrected chi connectivity index (χ1v) is 6.18. The van der Waals surface area contributed by atoms with Gasteiger partial charge in [0.1, 0.15) is 5.75 Å². The molecule has 1 amide bonds. The van der Waals surface area contributed by atoms with Crippen LogP contribution in [0.4, 0.5) is 20.2 Å². The van der Waals surface area contributed by atoms with Crippen molar-refractivity contribution in [1.82, 2.24) is 0 Å². The highest BCUT2D eigenvalue weighted by molar-refractivity contribution is 6.07. The third kappa shape index (κ3) is 3.92. The minimum Gasteiger partial charge on any atom is -0.435 e. The van der Waals surface area contributed by atoms with Crippen LogP contribution in [0.25, 0.3) is 0 Å². The van der Waals surface area contributed by atoms with Crippen LogP contribution < -0.4 is 15.8 Å². The van der Waals surface area contributed by atoms with E-state index in [-0.39, 0.29) is 11.7 Å². The normalized spacial score (nSPS) is 10.5. The van der Waals surface area contributed by atoms with E-state index in [1.54, 1.807) is 18.2 Å². The van der Waals surface area contributed by atoms with Gasteiger partial charge in [0, 0.05) is 11.4 Å². The van der Waals surface area contributed by atoms with Gasteiger partial charge < -0.3 is 15.8 Å². The van der Waals surface area contributed by atoms with Gasteiger partial charge in [-0.25, -0.2) is 0 Å². The zero-order valence-corrected chi connectivity index (χ0v) is 11.3. The summed E-state index contributed by atoms with van der Waals surface area (Å²) in [4.78, 5) is 12.1. The summed E-state index contributed by atoms with van der Waals surface area (Å²) in [6, 6.07) is 10.8. The van der Waals surface area contributed by atoms with Crippen LogP contribution >= 0.6 is 0 Å². The molecule has 0 saturated heterocycles. The van der Waals surface area contributed by atoms with Crippen molar-refractivity contribution < 1.29 is 18.3 Å². The highest BCUT2D eigenvalue weighted by Gasteiger charge is 2.10. The summed E-state index contributed by atoms with van der Waals surface area (Å²) in [5.74, 6) is -0.340. The number of nitrogens with one attached hydrogen (secondary N) is 1. The fraction of sp³-hybridized carbons (Fsp3) is 0.133. The van der Waals surface area contributed by atoms with Crippen molar-refractivity contribution in [2.24, 2.45) is 0 Å². The van der Waals surface area contributed by atoms with Crippen molar-refractivity contribution in [2.45, 2.75) is 13.5 Å². The zero-order valence-electron chi connectivity index (χ0n) is 11.3. The van der Waals surface area contributed by atoms with Gasteiger partial charge in [0.05, 0.1) is 5.56 Å². The summed E-state index contributed by atoms with van der Waals surface area (Å²) in [6.07, 6.45) is 0. The van der Waals surface area contributed by atoms with Gasteiger partial charge in [-0.2, -0.15) is 8.78 Å². The largest absolute Gasteiger partial charge is 0.435 e. The molecule has 0 aliphatic rings. The number of amides is 1. The fourth-order valence-electron chi connectivity index (χ4n) is 1.81. The highest BCUT2D eigenvalue weighted by Crippen LogP contribution is 2.20. The van der Waals surface area contributed by atoms with Crippen LogP contribution in [0.3, 0.4) is 0 Å². The van der Waals surface area contributed by atoms with E-state index >= 15 is 0 Å². The van der Waals surface area contributed by atoms with E-state index in [0.29, 0.717) is 16.9 Å². The molecule has 0 atom stereocenters. The average molecular weight is 292 g/mol. The van der Waals surface area contributed by atoms with Crippen molar-refractivity contribution in [2.75, 3.05) is 11.1 Å². The number of carbonyl (C=O) groups excluding carboxylic acids is 1. The van der Waals surface area contributed by atoms with Crippen molar-refractivity contribution >= 4 is 17.3 Å². The molecule has 0 aromatic heterocycles. The predicted molar refractivity (Wildman–Crippen MR) is 76.6 cm³/mol. The molecule has 0 heterocycles. The molecule has 2 rings (SSSR count). The number of anilines is 2. The second kappa shape index (κ2) is 6.21. The predicted octanol–water partition coefficient (Wildman–Crippen LogP) is 3.43. The summed E-state index contributed by atoms with van der Waals surface area (Å²) < 4.78 is 28.3. The first-order valence-electron chi connectivity index (χ1n) is 6.18. The molecule has 110 valence electrons. The summed E-state index contributed by atoms with van der Waals surface area (Å²) in [6.45, 7) is -1.00. The minimum atomic E-state index is -2.88. The Kier molecular flexibility index (Phi) is 4.37. The Bertz CT molecular complexity index is 643. The van der Waals surface area contributed by atoms with Crippen LogP contribution in [0, 0.1) is 6.92 Å². The lowest BCUT2D eigenvalue weighted by Gasteiger charge is -2.09. The van der Waals surface area contributed by atoms with Crippen LogP contribution in [0.15, 0.2) is 42.5 Å². The smallest absolute Gasteiger partial charge is 0.387 e. The Balaban J connectivity index is 2.08. The van der Waals surface area contributed by atoms with E-state index in [1.807, 2.05) is 6.92 Å². The van der Waals surface area contributed by atoms with Crippen molar-refractivity contribution in [3.8, 4) is 5.75 Å². The van der Waals surface area contributed by atoms with Crippen LogP contribution in [0.1, 0.15) is 15.9 Å². The van der Waals surface area contributed by atoms with E-state index in [2.05, 4.69) is 10.1 Å². The Morgan fingerprint density at radius 3 is 2.43 bits per heavy atom. The van der Waals surface area contributed by atoms with Gasteiger partial charge >= 0.3 is 6.61 Å². The standard InChI is InChI=1S/C15H14F2N2O2/c1-9-2-7-12(13(18)8-9)14(20)19-10-3-5-11(6-4-10)21-15(16)17/h2-8,15H,18H2,1H3,(H,19,20). The number of benzene rings is 2. The Morgan fingerprint density at radius 1 is 1.19 bits per heavy atom. The number of hydrogen-bond acceptors (Lipinski definition) is 3. The van der Waals surface area contributed by atoms with Crippen molar-refractivity contribution in [3.05, 3.63) is 53.6 Å². The SMILES string of the molecule is Cc1ccc(C(=O)Nc2ccc(OC(F)F)cc2)c(N)c1. The number of nitrogens with two attached hydrogens (primary N) is 1. The Morgan fingerprint density at radius 2 is 1.86 bits per heavy atom. The van der Waals surface area contributed by atoms with Gasteiger partial charge in [-0.3, -0.25) is 4.79 Å². The molecule has 6 heteroatoms. The first-order chi connectivity index (χ1) is 9.95. The number of halogens is 2. The molecular formula is C15H14F2N2O2. The third-order valence-corrected chi connectivity index (χ3v) is 2.79. The van der Waals surface area contributed by atoms with Crippen LogP contribution in [0.2, 0.25) is 0 Å². The topological polar surface area (TPSA) is 64.3 Å². The van der Waals surface area contributed by atoms with E-state index in [1.165, 1.54) is 24.3 Å². The number of carbonyl (C=O) groups is 1. The van der Waals surface area contributed by atoms with Gasteiger partial charge in [0.2, 0.25) is 0 Å². The summed E-state index contributed by atoms with van der Waals surface area (Å²) in [7, 11) is 0. The summed E-state index contributed by atoms with van der Waals surface area (Å²) in [5.41, 5.74) is 7.94. The van der Waals surface area contributed by atoms with E-state index in [4.69, 9.17) is 5.73 Å². The number of nitrogen functional groups attached to an aromatic ring is 1. The lowest BCUT2D eigenvalue weighted by molar-refractivity contribution is -0.0498. The molecule has 2 aromatic rings. The maximum atomic E-state index is 12.1. The number of hydrogen-bond donors (Lipinski definition) is 2. The van der Waals surface area contributed by atoms with Crippen LogP contribution in [0.5, 0.6) is 5.75 Å².